The molecular formula is C23H22Cl2N2O4S. The van der Waals surface area contributed by atoms with E-state index in [9.17, 15) is 13.2 Å². The first kappa shape index (κ1) is 23.9. The Morgan fingerprint density at radius 3 is 2.22 bits per heavy atom. The molecule has 3 aromatic carbocycles. The van der Waals surface area contributed by atoms with Crippen LogP contribution in [0.15, 0.2) is 71.6 Å². The van der Waals surface area contributed by atoms with E-state index in [4.69, 9.17) is 27.9 Å². The van der Waals surface area contributed by atoms with Crippen LogP contribution in [0.1, 0.15) is 19.4 Å². The molecule has 0 saturated carbocycles. The molecule has 9 heteroatoms. The van der Waals surface area contributed by atoms with E-state index in [0.29, 0.717) is 21.5 Å². The minimum atomic E-state index is -3.86. The second kappa shape index (κ2) is 10.3. The number of amides is 1. The highest BCUT2D eigenvalue weighted by Gasteiger charge is 2.18. The Hall–Kier alpha value is -2.74. The van der Waals surface area contributed by atoms with E-state index in [-0.39, 0.29) is 16.5 Å². The highest BCUT2D eigenvalue weighted by atomic mass is 35.5. The SMILES string of the molecule is CCc1ccccc1O[C@H](C)C(=O)Nc1ccc(S(=O)(=O)Nc2cc(Cl)cc(Cl)c2)cc1. The lowest BCUT2D eigenvalue weighted by Crippen LogP contribution is -2.30. The first-order chi connectivity index (χ1) is 15.2. The largest absolute Gasteiger partial charge is 0.481 e. The number of carbonyl (C=O) groups excluding carboxylic acids is 1. The number of halogens is 2. The zero-order valence-corrected chi connectivity index (χ0v) is 19.8. The number of hydrogen-bond acceptors (Lipinski definition) is 4. The van der Waals surface area contributed by atoms with Gasteiger partial charge in [-0.25, -0.2) is 8.42 Å². The van der Waals surface area contributed by atoms with Crippen molar-refractivity contribution in [2.24, 2.45) is 0 Å². The number of hydrogen-bond donors (Lipinski definition) is 2. The number of benzene rings is 3. The van der Waals surface area contributed by atoms with E-state index >= 15 is 0 Å². The summed E-state index contributed by atoms with van der Waals surface area (Å²) in [4.78, 5) is 12.5. The van der Waals surface area contributed by atoms with Gasteiger partial charge in [-0.05, 0) is 67.4 Å². The minimum absolute atomic E-state index is 0.0211. The van der Waals surface area contributed by atoms with Crippen LogP contribution in [0.5, 0.6) is 5.75 Å². The third kappa shape index (κ3) is 6.16. The lowest BCUT2D eigenvalue weighted by Gasteiger charge is -2.17. The topological polar surface area (TPSA) is 84.5 Å². The zero-order chi connectivity index (χ0) is 23.3. The summed E-state index contributed by atoms with van der Waals surface area (Å²) < 4.78 is 33.5. The average molecular weight is 493 g/mol. The van der Waals surface area contributed by atoms with Crippen molar-refractivity contribution in [3.05, 3.63) is 82.3 Å². The molecule has 1 atom stereocenters. The summed E-state index contributed by atoms with van der Waals surface area (Å²) in [5.74, 6) is 0.310. The summed E-state index contributed by atoms with van der Waals surface area (Å²) in [5.41, 5.74) is 1.70. The molecule has 0 saturated heterocycles. The molecule has 32 heavy (non-hydrogen) atoms. The van der Waals surface area contributed by atoms with E-state index in [0.717, 1.165) is 12.0 Å². The summed E-state index contributed by atoms with van der Waals surface area (Å²) in [5, 5.41) is 3.35. The van der Waals surface area contributed by atoms with E-state index in [1.807, 2.05) is 31.2 Å². The van der Waals surface area contributed by atoms with Gasteiger partial charge < -0.3 is 10.1 Å². The Bertz CT molecular complexity index is 1190. The van der Waals surface area contributed by atoms with Crippen LogP contribution in [0.25, 0.3) is 0 Å². The van der Waals surface area contributed by atoms with Crippen molar-refractivity contribution in [1.82, 2.24) is 0 Å². The summed E-state index contributed by atoms with van der Waals surface area (Å²) in [6.45, 7) is 3.67. The van der Waals surface area contributed by atoms with Crippen molar-refractivity contribution in [3.63, 3.8) is 0 Å². The smallest absolute Gasteiger partial charge is 0.265 e. The van der Waals surface area contributed by atoms with E-state index in [1.54, 1.807) is 6.92 Å². The molecule has 168 valence electrons. The van der Waals surface area contributed by atoms with Crippen LogP contribution in [-0.4, -0.2) is 20.4 Å². The van der Waals surface area contributed by atoms with Crippen LogP contribution >= 0.6 is 23.2 Å². The molecule has 0 aliphatic heterocycles. The molecule has 0 radical (unpaired) electrons. The normalized spacial score (nSPS) is 12.1. The Labute approximate surface area is 197 Å². The Kier molecular flexibility index (Phi) is 7.66. The Morgan fingerprint density at radius 1 is 0.969 bits per heavy atom. The number of carbonyl (C=O) groups is 1. The monoisotopic (exact) mass is 492 g/mol. The molecule has 0 heterocycles. The Morgan fingerprint density at radius 2 is 1.59 bits per heavy atom. The van der Waals surface area contributed by atoms with Gasteiger partial charge in [0.25, 0.3) is 15.9 Å². The van der Waals surface area contributed by atoms with Crippen molar-refractivity contribution in [1.29, 1.82) is 0 Å². The van der Waals surface area contributed by atoms with Crippen molar-refractivity contribution in [2.45, 2.75) is 31.3 Å². The standard InChI is InChI=1S/C23H22Cl2N2O4S/c1-3-16-6-4-5-7-22(16)31-15(2)23(28)26-19-8-10-21(11-9-19)32(29,30)27-20-13-17(24)12-18(25)14-20/h4-15,27H,3H2,1-2H3,(H,26,28)/t15-/m1/s1. The average Bonchev–Trinajstić information content (AvgIpc) is 2.73. The van der Waals surface area contributed by atoms with Gasteiger partial charge >= 0.3 is 0 Å². The number of rotatable bonds is 8. The van der Waals surface area contributed by atoms with Gasteiger partial charge in [0.1, 0.15) is 5.75 Å². The number of aryl methyl sites for hydroxylation is 1. The van der Waals surface area contributed by atoms with Crippen LogP contribution in [-0.2, 0) is 21.2 Å². The number of para-hydroxylation sites is 1. The predicted molar refractivity (Wildman–Crippen MR) is 128 cm³/mol. The van der Waals surface area contributed by atoms with Gasteiger partial charge in [0.05, 0.1) is 10.6 Å². The highest BCUT2D eigenvalue weighted by Crippen LogP contribution is 2.25. The van der Waals surface area contributed by atoms with Crippen LogP contribution in [0.3, 0.4) is 0 Å². The fourth-order valence-corrected chi connectivity index (χ4v) is 4.51. The fraction of sp³-hybridized carbons (Fsp3) is 0.174. The number of ether oxygens (including phenoxy) is 1. The number of nitrogens with one attached hydrogen (secondary N) is 2. The van der Waals surface area contributed by atoms with Gasteiger partial charge in [0.2, 0.25) is 0 Å². The first-order valence-corrected chi connectivity index (χ1v) is 12.1. The van der Waals surface area contributed by atoms with E-state index in [2.05, 4.69) is 10.0 Å². The second-order valence-electron chi connectivity index (χ2n) is 7.00. The van der Waals surface area contributed by atoms with Gasteiger partial charge in [0, 0.05) is 15.7 Å². The van der Waals surface area contributed by atoms with Crippen LogP contribution in [0.4, 0.5) is 11.4 Å². The summed E-state index contributed by atoms with van der Waals surface area (Å²) in [6.07, 6.45) is 0.0518. The van der Waals surface area contributed by atoms with E-state index < -0.39 is 16.1 Å². The van der Waals surface area contributed by atoms with Gasteiger partial charge in [-0.1, -0.05) is 48.3 Å². The molecule has 0 fully saturated rings. The summed E-state index contributed by atoms with van der Waals surface area (Å²) in [7, 11) is -3.86. The third-order valence-corrected chi connectivity index (χ3v) is 6.41. The van der Waals surface area contributed by atoms with Gasteiger partial charge in [-0.3, -0.25) is 9.52 Å². The maximum atomic E-state index is 12.6. The zero-order valence-electron chi connectivity index (χ0n) is 17.4. The first-order valence-electron chi connectivity index (χ1n) is 9.82. The lowest BCUT2D eigenvalue weighted by molar-refractivity contribution is -0.122. The maximum Gasteiger partial charge on any atom is 0.265 e. The number of anilines is 2. The van der Waals surface area contributed by atoms with Crippen molar-refractivity contribution < 1.29 is 17.9 Å². The lowest BCUT2D eigenvalue weighted by atomic mass is 10.1. The van der Waals surface area contributed by atoms with Crippen LogP contribution in [0.2, 0.25) is 10.0 Å². The molecule has 3 aromatic rings. The van der Waals surface area contributed by atoms with Gasteiger partial charge in [-0.2, -0.15) is 0 Å². The molecule has 0 aromatic heterocycles. The molecular weight excluding hydrogens is 471 g/mol. The van der Waals surface area contributed by atoms with Gasteiger partial charge in [-0.15, -0.1) is 0 Å². The molecule has 3 rings (SSSR count). The summed E-state index contributed by atoms with van der Waals surface area (Å²) >= 11 is 11.8. The molecule has 6 nitrogen and oxygen atoms in total. The number of sulfonamides is 1. The molecule has 0 bridgehead atoms. The van der Waals surface area contributed by atoms with E-state index in [1.165, 1.54) is 42.5 Å². The molecule has 0 aliphatic carbocycles. The summed E-state index contributed by atoms with van der Waals surface area (Å²) in [6, 6.07) is 17.7. The molecule has 1 amide bonds. The Balaban J connectivity index is 1.66. The van der Waals surface area contributed by atoms with Crippen molar-refractivity contribution >= 4 is 50.5 Å². The van der Waals surface area contributed by atoms with Gasteiger partial charge in [0.15, 0.2) is 6.10 Å². The van der Waals surface area contributed by atoms with Crippen molar-refractivity contribution in [2.75, 3.05) is 10.0 Å². The third-order valence-electron chi connectivity index (χ3n) is 4.57. The maximum absolute atomic E-state index is 12.6. The second-order valence-corrected chi connectivity index (χ2v) is 9.55. The molecule has 0 unspecified atom stereocenters. The van der Waals surface area contributed by atoms with Crippen LogP contribution < -0.4 is 14.8 Å². The predicted octanol–water partition coefficient (Wildman–Crippen LogP) is 5.76. The van der Waals surface area contributed by atoms with Crippen molar-refractivity contribution in [3.8, 4) is 5.75 Å². The molecule has 0 aliphatic rings. The van der Waals surface area contributed by atoms with Crippen LogP contribution in [0, 0.1) is 0 Å². The fourth-order valence-electron chi connectivity index (χ4n) is 2.94. The quantitative estimate of drug-likeness (QED) is 0.418. The molecule has 0 spiro atoms. The highest BCUT2D eigenvalue weighted by molar-refractivity contribution is 7.92. The molecule has 2 N–H and O–H groups in total. The minimum Gasteiger partial charge on any atom is -0.481 e.